The van der Waals surface area contributed by atoms with Crippen LogP contribution in [0.1, 0.15) is 12.5 Å². The van der Waals surface area contributed by atoms with E-state index in [0.717, 1.165) is 21.0 Å². The molecule has 1 unspecified atom stereocenters. The fourth-order valence-corrected chi connectivity index (χ4v) is 3.43. The summed E-state index contributed by atoms with van der Waals surface area (Å²) in [5, 5.41) is 12.1. The SMILES string of the molecule is Cc1csc2c(SCC(C)CO)ncnc12. The Morgan fingerprint density at radius 2 is 2.31 bits per heavy atom. The standard InChI is InChI=1S/C11H14N2OS2/c1-7(3-14)4-16-11-10-9(12-6-13-11)8(2)5-15-10/h5-7,14H,3-4H2,1-2H3. The van der Waals surface area contributed by atoms with E-state index in [1.807, 2.05) is 6.92 Å². The fraction of sp³-hybridized carbons (Fsp3) is 0.455. The molecule has 0 aliphatic heterocycles. The maximum absolute atomic E-state index is 8.99. The Morgan fingerprint density at radius 3 is 3.06 bits per heavy atom. The van der Waals surface area contributed by atoms with Crippen LogP contribution in [0, 0.1) is 12.8 Å². The summed E-state index contributed by atoms with van der Waals surface area (Å²) in [7, 11) is 0. The van der Waals surface area contributed by atoms with Gasteiger partial charge >= 0.3 is 0 Å². The summed E-state index contributed by atoms with van der Waals surface area (Å²) in [5.41, 5.74) is 2.26. The molecule has 0 spiro atoms. The molecule has 0 bridgehead atoms. The van der Waals surface area contributed by atoms with Crippen molar-refractivity contribution in [2.45, 2.75) is 18.9 Å². The van der Waals surface area contributed by atoms with Gasteiger partial charge in [0.2, 0.25) is 0 Å². The van der Waals surface area contributed by atoms with Crippen molar-refractivity contribution < 1.29 is 5.11 Å². The summed E-state index contributed by atoms with van der Waals surface area (Å²) < 4.78 is 1.16. The number of hydrogen-bond acceptors (Lipinski definition) is 5. The molecule has 2 rings (SSSR count). The van der Waals surface area contributed by atoms with Crippen LogP contribution in [0.15, 0.2) is 16.7 Å². The van der Waals surface area contributed by atoms with E-state index >= 15 is 0 Å². The summed E-state index contributed by atoms with van der Waals surface area (Å²) in [6.45, 7) is 4.33. The lowest BCUT2D eigenvalue weighted by Gasteiger charge is -2.06. The number of thiophene rings is 1. The largest absolute Gasteiger partial charge is 0.396 e. The summed E-state index contributed by atoms with van der Waals surface area (Å²) >= 11 is 3.39. The molecule has 0 amide bonds. The van der Waals surface area contributed by atoms with E-state index in [9.17, 15) is 0 Å². The first-order valence-electron chi connectivity index (χ1n) is 5.14. The molecular formula is C11H14N2OS2. The summed E-state index contributed by atoms with van der Waals surface area (Å²) in [6, 6.07) is 0. The predicted molar refractivity (Wildman–Crippen MR) is 69.1 cm³/mol. The minimum atomic E-state index is 0.227. The fourth-order valence-electron chi connectivity index (χ4n) is 1.32. The van der Waals surface area contributed by atoms with Crippen LogP contribution >= 0.6 is 23.1 Å². The Labute approximate surface area is 103 Å². The number of aliphatic hydroxyl groups is 1. The molecule has 0 aliphatic rings. The Balaban J connectivity index is 2.24. The van der Waals surface area contributed by atoms with Crippen molar-refractivity contribution in [3.8, 4) is 0 Å². The maximum Gasteiger partial charge on any atom is 0.117 e. The van der Waals surface area contributed by atoms with Crippen molar-refractivity contribution >= 4 is 33.3 Å². The van der Waals surface area contributed by atoms with Crippen molar-refractivity contribution in [2.75, 3.05) is 12.4 Å². The molecule has 0 fully saturated rings. The summed E-state index contributed by atoms with van der Waals surface area (Å²) in [5.74, 6) is 1.19. The first kappa shape index (κ1) is 11.8. The van der Waals surface area contributed by atoms with Crippen LogP contribution in [0.4, 0.5) is 0 Å². The van der Waals surface area contributed by atoms with E-state index in [4.69, 9.17) is 5.11 Å². The normalized spacial score (nSPS) is 13.2. The molecule has 2 aromatic heterocycles. The van der Waals surface area contributed by atoms with E-state index < -0.39 is 0 Å². The molecule has 86 valence electrons. The average Bonchev–Trinajstić information content (AvgIpc) is 2.69. The van der Waals surface area contributed by atoms with Gasteiger partial charge in [0.05, 0.1) is 10.2 Å². The number of rotatable bonds is 4. The maximum atomic E-state index is 8.99. The van der Waals surface area contributed by atoms with Crippen molar-refractivity contribution in [3.63, 3.8) is 0 Å². The summed E-state index contributed by atoms with van der Waals surface area (Å²) in [4.78, 5) is 8.59. The second kappa shape index (κ2) is 5.12. The van der Waals surface area contributed by atoms with Gasteiger partial charge in [-0.25, -0.2) is 9.97 Å². The van der Waals surface area contributed by atoms with Gasteiger partial charge in [0.15, 0.2) is 0 Å². The first-order chi connectivity index (χ1) is 7.72. The zero-order valence-corrected chi connectivity index (χ0v) is 10.9. The zero-order chi connectivity index (χ0) is 11.5. The lowest BCUT2D eigenvalue weighted by Crippen LogP contribution is -2.03. The third-order valence-electron chi connectivity index (χ3n) is 2.31. The molecule has 3 nitrogen and oxygen atoms in total. The predicted octanol–water partition coefficient (Wildman–Crippen LogP) is 2.72. The number of hydrogen-bond donors (Lipinski definition) is 1. The van der Waals surface area contributed by atoms with Gasteiger partial charge < -0.3 is 5.11 Å². The highest BCUT2D eigenvalue weighted by atomic mass is 32.2. The van der Waals surface area contributed by atoms with Crippen LogP contribution in [0.3, 0.4) is 0 Å². The van der Waals surface area contributed by atoms with Gasteiger partial charge in [-0.2, -0.15) is 0 Å². The second-order valence-electron chi connectivity index (χ2n) is 3.87. The zero-order valence-electron chi connectivity index (χ0n) is 9.30. The molecule has 0 aliphatic carbocycles. The molecule has 0 saturated carbocycles. The highest BCUT2D eigenvalue weighted by molar-refractivity contribution is 7.99. The van der Waals surface area contributed by atoms with Gasteiger partial charge in [0, 0.05) is 12.4 Å². The van der Waals surface area contributed by atoms with Crippen LogP contribution < -0.4 is 0 Å². The van der Waals surface area contributed by atoms with E-state index in [1.165, 1.54) is 5.56 Å². The topological polar surface area (TPSA) is 46.0 Å². The number of thioether (sulfide) groups is 1. The van der Waals surface area contributed by atoms with Crippen molar-refractivity contribution in [2.24, 2.45) is 5.92 Å². The van der Waals surface area contributed by atoms with Gasteiger partial charge in [0.1, 0.15) is 11.4 Å². The Morgan fingerprint density at radius 1 is 1.50 bits per heavy atom. The number of nitrogens with zero attached hydrogens (tertiary/aromatic N) is 2. The molecule has 0 saturated heterocycles. The molecule has 1 N–H and O–H groups in total. The van der Waals surface area contributed by atoms with Crippen molar-refractivity contribution in [1.29, 1.82) is 0 Å². The molecular weight excluding hydrogens is 240 g/mol. The van der Waals surface area contributed by atoms with Crippen LogP contribution in [0.2, 0.25) is 0 Å². The van der Waals surface area contributed by atoms with Gasteiger partial charge in [0.25, 0.3) is 0 Å². The van der Waals surface area contributed by atoms with Crippen molar-refractivity contribution in [1.82, 2.24) is 9.97 Å². The van der Waals surface area contributed by atoms with Gasteiger partial charge in [-0.05, 0) is 23.8 Å². The smallest absolute Gasteiger partial charge is 0.117 e. The number of aromatic nitrogens is 2. The molecule has 2 aromatic rings. The van der Waals surface area contributed by atoms with Crippen LogP contribution in [0.25, 0.3) is 10.2 Å². The molecule has 0 radical (unpaired) electrons. The molecule has 2 heterocycles. The van der Waals surface area contributed by atoms with Crippen molar-refractivity contribution in [3.05, 3.63) is 17.3 Å². The third-order valence-corrected chi connectivity index (χ3v) is 4.86. The highest BCUT2D eigenvalue weighted by Gasteiger charge is 2.09. The van der Waals surface area contributed by atoms with Crippen LogP contribution in [-0.4, -0.2) is 27.4 Å². The Hall–Kier alpha value is -0.650. The Bertz CT molecular complexity index is 484. The number of aliphatic hydroxyl groups excluding tert-OH is 1. The quantitative estimate of drug-likeness (QED) is 0.673. The molecule has 5 heteroatoms. The molecule has 1 atom stereocenters. The minimum absolute atomic E-state index is 0.227. The highest BCUT2D eigenvalue weighted by Crippen LogP contribution is 2.31. The van der Waals surface area contributed by atoms with Gasteiger partial charge in [-0.3, -0.25) is 0 Å². The van der Waals surface area contributed by atoms with E-state index in [2.05, 4.69) is 22.3 Å². The van der Waals surface area contributed by atoms with E-state index in [0.29, 0.717) is 5.92 Å². The van der Waals surface area contributed by atoms with Crippen LogP contribution in [-0.2, 0) is 0 Å². The summed E-state index contributed by atoms with van der Waals surface area (Å²) in [6.07, 6.45) is 1.62. The van der Waals surface area contributed by atoms with E-state index in [1.54, 1.807) is 29.4 Å². The first-order valence-corrected chi connectivity index (χ1v) is 7.01. The lowest BCUT2D eigenvalue weighted by molar-refractivity contribution is 0.250. The van der Waals surface area contributed by atoms with Gasteiger partial charge in [-0.15, -0.1) is 23.1 Å². The van der Waals surface area contributed by atoms with Crippen LogP contribution in [0.5, 0.6) is 0 Å². The van der Waals surface area contributed by atoms with Gasteiger partial charge in [-0.1, -0.05) is 6.92 Å². The Kier molecular flexibility index (Phi) is 3.78. The van der Waals surface area contributed by atoms with E-state index in [-0.39, 0.29) is 6.61 Å². The average molecular weight is 254 g/mol. The molecule has 0 aromatic carbocycles. The monoisotopic (exact) mass is 254 g/mol. The third kappa shape index (κ3) is 2.36. The number of fused-ring (bicyclic) bond motifs is 1. The lowest BCUT2D eigenvalue weighted by atomic mass is 10.2. The molecule has 16 heavy (non-hydrogen) atoms. The second-order valence-corrected chi connectivity index (χ2v) is 5.76. The minimum Gasteiger partial charge on any atom is -0.396 e. The number of aryl methyl sites for hydroxylation is 1.